The number of nitrogens with zero attached hydrogens (tertiary/aromatic N) is 2. The van der Waals surface area contributed by atoms with Crippen LogP contribution in [0.15, 0.2) is 64.1 Å². The van der Waals surface area contributed by atoms with Gasteiger partial charge in [0.15, 0.2) is 11.5 Å². The monoisotopic (exact) mass is 605 g/mol. The number of anilines is 1. The lowest BCUT2D eigenvalue weighted by Gasteiger charge is -2.14. The highest BCUT2D eigenvalue weighted by Crippen LogP contribution is 2.39. The molecule has 1 fully saturated rings. The fourth-order valence-corrected chi connectivity index (χ4v) is 4.89. The number of nitrogens with one attached hydrogen (secondary N) is 1. The van der Waals surface area contributed by atoms with E-state index in [-0.39, 0.29) is 22.2 Å². The molecule has 1 aliphatic heterocycles. The molecule has 37 heavy (non-hydrogen) atoms. The number of carbonyl (C=O) groups excluding carboxylic acids is 3. The van der Waals surface area contributed by atoms with E-state index in [2.05, 4.69) is 26.2 Å². The lowest BCUT2D eigenvalue weighted by atomic mass is 10.2. The van der Waals surface area contributed by atoms with E-state index in [1.807, 2.05) is 18.2 Å². The van der Waals surface area contributed by atoms with Crippen molar-refractivity contribution in [2.75, 3.05) is 19.0 Å². The molecular formula is C25H18BrClFN3O5S. The number of halogens is 3. The Bertz CT molecular complexity index is 1410. The van der Waals surface area contributed by atoms with Crippen molar-refractivity contribution in [3.8, 4) is 11.5 Å². The van der Waals surface area contributed by atoms with Crippen LogP contribution in [0.25, 0.3) is 6.08 Å². The van der Waals surface area contributed by atoms with Crippen LogP contribution < -0.4 is 14.8 Å². The Morgan fingerprint density at radius 1 is 1.24 bits per heavy atom. The summed E-state index contributed by atoms with van der Waals surface area (Å²) in [5.41, 5.74) is 1.55. The van der Waals surface area contributed by atoms with Crippen molar-refractivity contribution >= 4 is 68.1 Å². The number of hydrogen-bond acceptors (Lipinski definition) is 7. The molecule has 0 aliphatic carbocycles. The third kappa shape index (κ3) is 6.48. The molecule has 1 N–H and O–H groups in total. The summed E-state index contributed by atoms with van der Waals surface area (Å²) in [5.74, 6) is -1.02. The Morgan fingerprint density at radius 3 is 2.76 bits per heavy atom. The lowest BCUT2D eigenvalue weighted by molar-refractivity contribution is -0.127. The Kier molecular flexibility index (Phi) is 8.47. The summed E-state index contributed by atoms with van der Waals surface area (Å²) in [7, 11) is 1.49. The van der Waals surface area contributed by atoms with Crippen molar-refractivity contribution in [3.05, 3.63) is 86.2 Å². The summed E-state index contributed by atoms with van der Waals surface area (Å²) in [4.78, 5) is 42.9. The van der Waals surface area contributed by atoms with E-state index in [9.17, 15) is 18.8 Å². The number of amides is 3. The molecular weight excluding hydrogens is 589 g/mol. The zero-order valence-electron chi connectivity index (χ0n) is 19.2. The standard InChI is InChI=1S/C25H18BrClFN3O5S/c1-35-20-9-14(8-17(26)23(20)36-13-16-4-2-3-7-29-16)10-21-24(33)31(25(34)37-21)12-22(32)30-15-5-6-19(28)18(27)11-15/h2-11H,12-13H2,1H3,(H,30,32)/b21-10+. The second-order valence-electron chi connectivity index (χ2n) is 7.59. The summed E-state index contributed by atoms with van der Waals surface area (Å²) in [6.07, 6.45) is 3.20. The van der Waals surface area contributed by atoms with Gasteiger partial charge in [-0.2, -0.15) is 0 Å². The molecule has 3 amide bonds. The van der Waals surface area contributed by atoms with Crippen LogP contribution in [0.5, 0.6) is 11.5 Å². The molecule has 12 heteroatoms. The Morgan fingerprint density at radius 2 is 2.05 bits per heavy atom. The summed E-state index contributed by atoms with van der Waals surface area (Å²) in [6, 6.07) is 12.5. The Labute approximate surface area is 228 Å². The van der Waals surface area contributed by atoms with Crippen LogP contribution in [0.4, 0.5) is 14.9 Å². The third-order valence-corrected chi connectivity index (χ3v) is 6.80. The highest BCUT2D eigenvalue weighted by atomic mass is 79.9. The van der Waals surface area contributed by atoms with Crippen molar-refractivity contribution < 1.29 is 28.2 Å². The molecule has 4 rings (SSSR count). The average molecular weight is 607 g/mol. The number of carbonyl (C=O) groups is 3. The van der Waals surface area contributed by atoms with E-state index in [0.717, 1.165) is 16.7 Å². The van der Waals surface area contributed by atoms with Gasteiger partial charge >= 0.3 is 0 Å². The van der Waals surface area contributed by atoms with Gasteiger partial charge in [0.2, 0.25) is 5.91 Å². The molecule has 190 valence electrons. The zero-order chi connectivity index (χ0) is 26.5. The maximum Gasteiger partial charge on any atom is 0.294 e. The number of methoxy groups -OCH3 is 1. The minimum absolute atomic E-state index is 0.138. The number of rotatable bonds is 8. The van der Waals surface area contributed by atoms with Crippen molar-refractivity contribution in [2.45, 2.75) is 6.61 Å². The van der Waals surface area contributed by atoms with Gasteiger partial charge in [-0.25, -0.2) is 4.39 Å². The molecule has 3 aromatic rings. The molecule has 2 heterocycles. The van der Waals surface area contributed by atoms with E-state index in [4.69, 9.17) is 21.1 Å². The van der Waals surface area contributed by atoms with E-state index in [1.165, 1.54) is 25.3 Å². The zero-order valence-corrected chi connectivity index (χ0v) is 22.3. The summed E-state index contributed by atoms with van der Waals surface area (Å²) >= 11 is 9.90. The fourth-order valence-electron chi connectivity index (χ4n) is 3.30. The Balaban J connectivity index is 1.46. The highest BCUT2D eigenvalue weighted by molar-refractivity contribution is 9.10. The van der Waals surface area contributed by atoms with Crippen molar-refractivity contribution in [2.24, 2.45) is 0 Å². The number of ether oxygens (including phenoxy) is 2. The SMILES string of the molecule is COc1cc(/C=C2/SC(=O)N(CC(=O)Nc3ccc(F)c(Cl)c3)C2=O)cc(Br)c1OCc1ccccn1. The first-order valence-electron chi connectivity index (χ1n) is 10.7. The van der Waals surface area contributed by atoms with Gasteiger partial charge in [0.25, 0.3) is 11.1 Å². The van der Waals surface area contributed by atoms with E-state index < -0.39 is 29.4 Å². The minimum Gasteiger partial charge on any atom is -0.493 e. The molecule has 0 spiro atoms. The molecule has 0 unspecified atom stereocenters. The maximum absolute atomic E-state index is 13.3. The molecule has 0 bridgehead atoms. The van der Waals surface area contributed by atoms with Gasteiger partial charge in [-0.1, -0.05) is 17.7 Å². The minimum atomic E-state index is -0.634. The smallest absolute Gasteiger partial charge is 0.294 e. The summed E-state index contributed by atoms with van der Waals surface area (Å²) in [6.45, 7) is -0.287. The predicted octanol–water partition coefficient (Wildman–Crippen LogP) is 5.90. The lowest BCUT2D eigenvalue weighted by Crippen LogP contribution is -2.36. The second-order valence-corrected chi connectivity index (χ2v) is 9.84. The second kappa shape index (κ2) is 11.8. The van der Waals surface area contributed by atoms with E-state index in [1.54, 1.807) is 18.3 Å². The maximum atomic E-state index is 13.3. The number of benzene rings is 2. The average Bonchev–Trinajstić information content (AvgIpc) is 3.13. The normalized spacial score (nSPS) is 14.3. The van der Waals surface area contributed by atoms with Gasteiger partial charge in [-0.05, 0) is 81.8 Å². The fraction of sp³-hybridized carbons (Fsp3) is 0.120. The topological polar surface area (TPSA) is 97.8 Å². The highest BCUT2D eigenvalue weighted by Gasteiger charge is 2.36. The van der Waals surface area contributed by atoms with Gasteiger partial charge < -0.3 is 14.8 Å². The van der Waals surface area contributed by atoms with Crippen LogP contribution in [0.1, 0.15) is 11.3 Å². The van der Waals surface area contributed by atoms with Gasteiger partial charge in [0, 0.05) is 11.9 Å². The van der Waals surface area contributed by atoms with Crippen molar-refractivity contribution in [1.82, 2.24) is 9.88 Å². The van der Waals surface area contributed by atoms with Gasteiger partial charge in [-0.15, -0.1) is 0 Å². The number of imide groups is 1. The summed E-state index contributed by atoms with van der Waals surface area (Å²) in [5, 5.41) is 1.73. The largest absolute Gasteiger partial charge is 0.493 e. The van der Waals surface area contributed by atoms with Gasteiger partial charge in [0.05, 0.1) is 27.2 Å². The summed E-state index contributed by atoms with van der Waals surface area (Å²) < 4.78 is 25.2. The van der Waals surface area contributed by atoms with Crippen LogP contribution >= 0.6 is 39.3 Å². The van der Waals surface area contributed by atoms with E-state index >= 15 is 0 Å². The van der Waals surface area contributed by atoms with Crippen molar-refractivity contribution in [1.29, 1.82) is 0 Å². The number of thioether (sulfide) groups is 1. The number of pyridine rings is 1. The Hall–Kier alpha value is -3.41. The number of hydrogen-bond donors (Lipinski definition) is 1. The molecule has 0 atom stereocenters. The molecule has 1 aromatic heterocycles. The molecule has 1 saturated heterocycles. The van der Waals surface area contributed by atoms with Crippen LogP contribution in [0.2, 0.25) is 5.02 Å². The quantitative estimate of drug-likeness (QED) is 0.319. The first kappa shape index (κ1) is 26.6. The number of aromatic nitrogens is 1. The molecule has 0 saturated carbocycles. The van der Waals surface area contributed by atoms with Crippen molar-refractivity contribution in [3.63, 3.8) is 0 Å². The molecule has 2 aromatic carbocycles. The first-order chi connectivity index (χ1) is 17.7. The van der Waals surface area contributed by atoms with Crippen LogP contribution in [-0.4, -0.2) is 40.6 Å². The van der Waals surface area contributed by atoms with Gasteiger partial charge in [-0.3, -0.25) is 24.3 Å². The van der Waals surface area contributed by atoms with Gasteiger partial charge in [0.1, 0.15) is 19.0 Å². The van der Waals surface area contributed by atoms with Crippen LogP contribution in [0, 0.1) is 5.82 Å². The van der Waals surface area contributed by atoms with E-state index in [0.29, 0.717) is 33.3 Å². The molecule has 0 radical (unpaired) electrons. The van der Waals surface area contributed by atoms with Crippen LogP contribution in [0.3, 0.4) is 0 Å². The molecule has 1 aliphatic rings. The van der Waals surface area contributed by atoms with Crippen LogP contribution in [-0.2, 0) is 16.2 Å². The predicted molar refractivity (Wildman–Crippen MR) is 142 cm³/mol. The first-order valence-corrected chi connectivity index (χ1v) is 12.6. The molecule has 8 nitrogen and oxygen atoms in total. The third-order valence-electron chi connectivity index (χ3n) is 5.02.